The summed E-state index contributed by atoms with van der Waals surface area (Å²) in [4.78, 5) is 4.36. The minimum Gasteiger partial charge on any atom is -0.454 e. The molecule has 1 aliphatic heterocycles. The molecule has 6 heteroatoms. The highest BCUT2D eigenvalue weighted by Gasteiger charge is 2.14. The van der Waals surface area contributed by atoms with Crippen LogP contribution in [0.2, 0.25) is 0 Å². The Kier molecular flexibility index (Phi) is 2.50. The Hall–Kier alpha value is -2.34. The van der Waals surface area contributed by atoms with Crippen molar-refractivity contribution in [1.82, 2.24) is 4.98 Å². The van der Waals surface area contributed by atoms with Crippen LogP contribution in [0.5, 0.6) is 11.5 Å². The third-order valence-corrected chi connectivity index (χ3v) is 3.93. The number of fused-ring (bicyclic) bond motifs is 2. The maximum Gasteiger partial charge on any atom is 0.231 e. The molecule has 0 spiro atoms. The minimum absolute atomic E-state index is 0.249. The van der Waals surface area contributed by atoms with E-state index in [2.05, 4.69) is 10.3 Å². The van der Waals surface area contributed by atoms with Crippen LogP contribution in [0.15, 0.2) is 36.4 Å². The lowest BCUT2D eigenvalue weighted by molar-refractivity contribution is 0.174. The van der Waals surface area contributed by atoms with Crippen LogP contribution >= 0.6 is 11.3 Å². The fourth-order valence-corrected chi connectivity index (χ4v) is 2.92. The van der Waals surface area contributed by atoms with Crippen molar-refractivity contribution in [3.63, 3.8) is 0 Å². The Bertz CT molecular complexity index is 803. The molecule has 0 saturated carbocycles. The highest BCUT2D eigenvalue weighted by molar-refractivity contribution is 7.22. The van der Waals surface area contributed by atoms with Crippen LogP contribution in [0, 0.1) is 5.82 Å². The molecule has 3 aromatic rings. The number of nitrogens with zero attached hydrogens (tertiary/aromatic N) is 1. The second kappa shape index (κ2) is 4.35. The van der Waals surface area contributed by atoms with Gasteiger partial charge in [-0.3, -0.25) is 0 Å². The predicted molar refractivity (Wildman–Crippen MR) is 75.4 cm³/mol. The quantitative estimate of drug-likeness (QED) is 0.776. The van der Waals surface area contributed by atoms with Crippen LogP contribution in [0.4, 0.5) is 15.2 Å². The molecule has 1 aliphatic rings. The molecule has 0 amide bonds. The van der Waals surface area contributed by atoms with E-state index < -0.39 is 0 Å². The van der Waals surface area contributed by atoms with E-state index in [9.17, 15) is 4.39 Å². The average Bonchev–Trinajstić information content (AvgIpc) is 3.03. The Morgan fingerprint density at radius 2 is 2.00 bits per heavy atom. The summed E-state index contributed by atoms with van der Waals surface area (Å²) in [6, 6.07) is 10.2. The van der Waals surface area contributed by atoms with Crippen molar-refractivity contribution >= 4 is 32.4 Å². The van der Waals surface area contributed by atoms with E-state index in [0.717, 1.165) is 16.1 Å². The Labute approximate surface area is 117 Å². The lowest BCUT2D eigenvalue weighted by Gasteiger charge is -2.03. The largest absolute Gasteiger partial charge is 0.454 e. The number of halogens is 1. The average molecular weight is 288 g/mol. The van der Waals surface area contributed by atoms with Gasteiger partial charge in [0.25, 0.3) is 0 Å². The number of anilines is 2. The SMILES string of the molecule is Fc1ccc2sc(Nc3ccc4c(c3)OCO4)nc2c1. The van der Waals surface area contributed by atoms with Crippen molar-refractivity contribution in [2.24, 2.45) is 0 Å². The lowest BCUT2D eigenvalue weighted by atomic mass is 10.3. The normalized spacial score (nSPS) is 12.8. The van der Waals surface area contributed by atoms with Crippen LogP contribution < -0.4 is 14.8 Å². The van der Waals surface area contributed by atoms with Crippen LogP contribution in [-0.2, 0) is 0 Å². The Morgan fingerprint density at radius 3 is 2.95 bits per heavy atom. The highest BCUT2D eigenvalue weighted by atomic mass is 32.1. The van der Waals surface area contributed by atoms with Crippen molar-refractivity contribution in [2.75, 3.05) is 12.1 Å². The van der Waals surface area contributed by atoms with E-state index in [-0.39, 0.29) is 12.6 Å². The minimum atomic E-state index is -0.280. The molecule has 0 saturated heterocycles. The molecule has 0 atom stereocenters. The van der Waals surface area contributed by atoms with Crippen LogP contribution in [-0.4, -0.2) is 11.8 Å². The Morgan fingerprint density at radius 1 is 1.10 bits per heavy atom. The maximum atomic E-state index is 13.1. The molecule has 1 N–H and O–H groups in total. The highest BCUT2D eigenvalue weighted by Crippen LogP contribution is 2.36. The summed E-state index contributed by atoms with van der Waals surface area (Å²) < 4.78 is 24.7. The van der Waals surface area contributed by atoms with E-state index in [0.29, 0.717) is 16.4 Å². The molecule has 2 heterocycles. The monoisotopic (exact) mass is 288 g/mol. The first-order valence-electron chi connectivity index (χ1n) is 6.01. The molecule has 0 bridgehead atoms. The molecule has 0 unspecified atom stereocenters. The van der Waals surface area contributed by atoms with Crippen molar-refractivity contribution in [3.8, 4) is 11.5 Å². The van der Waals surface area contributed by atoms with Gasteiger partial charge < -0.3 is 14.8 Å². The number of ether oxygens (including phenoxy) is 2. The van der Waals surface area contributed by atoms with Gasteiger partial charge in [-0.1, -0.05) is 11.3 Å². The first-order valence-corrected chi connectivity index (χ1v) is 6.82. The molecular weight excluding hydrogens is 279 g/mol. The van der Waals surface area contributed by atoms with E-state index in [1.54, 1.807) is 6.07 Å². The van der Waals surface area contributed by atoms with E-state index in [1.807, 2.05) is 18.2 Å². The fourth-order valence-electron chi connectivity index (χ4n) is 2.05. The summed E-state index contributed by atoms with van der Waals surface area (Å²) in [5.41, 5.74) is 1.51. The lowest BCUT2D eigenvalue weighted by Crippen LogP contribution is -1.93. The van der Waals surface area contributed by atoms with Gasteiger partial charge in [-0.2, -0.15) is 0 Å². The predicted octanol–water partition coefficient (Wildman–Crippen LogP) is 3.91. The van der Waals surface area contributed by atoms with Gasteiger partial charge >= 0.3 is 0 Å². The number of benzene rings is 2. The number of thiazole rings is 1. The molecule has 0 radical (unpaired) electrons. The molecular formula is C14H9FN2O2S. The summed E-state index contributed by atoms with van der Waals surface area (Å²) in [5.74, 6) is 1.17. The summed E-state index contributed by atoms with van der Waals surface area (Å²) in [6.07, 6.45) is 0. The summed E-state index contributed by atoms with van der Waals surface area (Å²) in [6.45, 7) is 0.249. The van der Waals surface area contributed by atoms with Gasteiger partial charge in [0, 0.05) is 17.8 Å². The third-order valence-electron chi connectivity index (χ3n) is 2.97. The first kappa shape index (κ1) is 11.5. The van der Waals surface area contributed by atoms with Gasteiger partial charge in [0.05, 0.1) is 10.2 Å². The number of nitrogens with one attached hydrogen (secondary N) is 1. The molecule has 2 aromatic carbocycles. The summed E-state index contributed by atoms with van der Waals surface area (Å²) in [7, 11) is 0. The van der Waals surface area contributed by atoms with Crippen LogP contribution in [0.3, 0.4) is 0 Å². The second-order valence-corrected chi connectivity index (χ2v) is 5.35. The number of hydrogen-bond donors (Lipinski definition) is 1. The van der Waals surface area contributed by atoms with Gasteiger partial charge in [0.2, 0.25) is 6.79 Å². The van der Waals surface area contributed by atoms with Crippen molar-refractivity contribution in [3.05, 3.63) is 42.2 Å². The Balaban J connectivity index is 1.66. The van der Waals surface area contributed by atoms with Gasteiger partial charge in [0.1, 0.15) is 5.82 Å². The van der Waals surface area contributed by atoms with Crippen LogP contribution in [0.1, 0.15) is 0 Å². The number of aromatic nitrogens is 1. The number of hydrogen-bond acceptors (Lipinski definition) is 5. The molecule has 0 aliphatic carbocycles. The molecule has 20 heavy (non-hydrogen) atoms. The molecule has 100 valence electrons. The van der Waals surface area contributed by atoms with Gasteiger partial charge in [-0.25, -0.2) is 9.37 Å². The van der Waals surface area contributed by atoms with Crippen molar-refractivity contribution in [2.45, 2.75) is 0 Å². The zero-order chi connectivity index (χ0) is 13.5. The number of rotatable bonds is 2. The topological polar surface area (TPSA) is 43.4 Å². The molecule has 0 fully saturated rings. The van der Waals surface area contributed by atoms with Crippen molar-refractivity contribution < 1.29 is 13.9 Å². The molecule has 4 nitrogen and oxygen atoms in total. The van der Waals surface area contributed by atoms with E-state index in [4.69, 9.17) is 9.47 Å². The van der Waals surface area contributed by atoms with Crippen molar-refractivity contribution in [1.29, 1.82) is 0 Å². The van der Waals surface area contributed by atoms with Gasteiger partial charge in [-0.15, -0.1) is 0 Å². The summed E-state index contributed by atoms with van der Waals surface area (Å²) >= 11 is 1.47. The smallest absolute Gasteiger partial charge is 0.231 e. The third kappa shape index (κ3) is 1.94. The fraction of sp³-hybridized carbons (Fsp3) is 0.0714. The van der Waals surface area contributed by atoms with Crippen LogP contribution in [0.25, 0.3) is 10.2 Å². The summed E-state index contributed by atoms with van der Waals surface area (Å²) in [5, 5.41) is 3.90. The van der Waals surface area contributed by atoms with E-state index >= 15 is 0 Å². The maximum absolute atomic E-state index is 13.1. The zero-order valence-electron chi connectivity index (χ0n) is 10.2. The van der Waals surface area contributed by atoms with Gasteiger partial charge in [0.15, 0.2) is 16.6 Å². The second-order valence-electron chi connectivity index (χ2n) is 4.32. The van der Waals surface area contributed by atoms with Gasteiger partial charge in [-0.05, 0) is 24.3 Å². The zero-order valence-corrected chi connectivity index (χ0v) is 11.0. The van der Waals surface area contributed by atoms with E-state index in [1.165, 1.54) is 23.5 Å². The first-order chi connectivity index (χ1) is 9.78. The molecule has 4 rings (SSSR count). The molecule has 1 aromatic heterocycles. The standard InChI is InChI=1S/C14H9FN2O2S/c15-8-1-4-13-10(5-8)17-14(20-13)16-9-2-3-11-12(6-9)19-7-18-11/h1-6H,7H2,(H,16,17).